The van der Waals surface area contributed by atoms with Gasteiger partial charge in [-0.15, -0.1) is 0 Å². The zero-order valence-corrected chi connectivity index (χ0v) is 13.9. The van der Waals surface area contributed by atoms with Gasteiger partial charge >= 0.3 is 0 Å². The lowest BCUT2D eigenvalue weighted by Gasteiger charge is -2.13. The Kier molecular flexibility index (Phi) is 3.48. The smallest absolute Gasteiger partial charge is 0.157 e. The number of pyridine rings is 1. The molecule has 0 aliphatic heterocycles. The Balaban J connectivity index is 2.07. The lowest BCUT2D eigenvalue weighted by Crippen LogP contribution is -2.03. The topological polar surface area (TPSA) is 41.1 Å². The molecule has 0 bridgehead atoms. The first-order valence-electron chi connectivity index (χ1n) is 7.73. The maximum absolute atomic E-state index is 9.68. The van der Waals surface area contributed by atoms with E-state index in [1.165, 1.54) is 0 Å². The first-order valence-corrected chi connectivity index (χ1v) is 8.10. The van der Waals surface area contributed by atoms with Crippen molar-refractivity contribution in [3.63, 3.8) is 0 Å². The van der Waals surface area contributed by atoms with Crippen LogP contribution in [0.2, 0.25) is 5.15 Å². The van der Waals surface area contributed by atoms with E-state index in [1.807, 2.05) is 53.8 Å². The van der Waals surface area contributed by atoms with E-state index < -0.39 is 0 Å². The molecule has 4 rings (SSSR count). The van der Waals surface area contributed by atoms with Gasteiger partial charge in [0, 0.05) is 6.42 Å². The predicted molar refractivity (Wildman–Crippen MR) is 96.4 cm³/mol. The van der Waals surface area contributed by atoms with Gasteiger partial charge in [-0.25, -0.2) is 4.98 Å². The van der Waals surface area contributed by atoms with Gasteiger partial charge in [0.15, 0.2) is 5.65 Å². The minimum atomic E-state index is 0.585. The number of nitriles is 1. The van der Waals surface area contributed by atoms with Crippen molar-refractivity contribution in [1.82, 2.24) is 9.38 Å². The van der Waals surface area contributed by atoms with E-state index in [9.17, 15) is 5.26 Å². The summed E-state index contributed by atoms with van der Waals surface area (Å²) >= 11 is 6.76. The van der Waals surface area contributed by atoms with Crippen LogP contribution in [-0.4, -0.2) is 9.38 Å². The fourth-order valence-corrected chi connectivity index (χ4v) is 3.52. The lowest BCUT2D eigenvalue weighted by atomic mass is 9.99. The third-order valence-corrected chi connectivity index (χ3v) is 4.79. The second kappa shape index (κ2) is 5.67. The molecule has 0 aliphatic carbocycles. The molecule has 0 unspecified atom stereocenters. The van der Waals surface area contributed by atoms with Crippen molar-refractivity contribution < 1.29 is 0 Å². The van der Waals surface area contributed by atoms with Crippen LogP contribution in [0.4, 0.5) is 0 Å². The Morgan fingerprint density at radius 1 is 1.08 bits per heavy atom. The van der Waals surface area contributed by atoms with E-state index in [2.05, 4.69) is 23.2 Å². The Morgan fingerprint density at radius 2 is 1.79 bits per heavy atom. The van der Waals surface area contributed by atoms with Crippen LogP contribution in [0.5, 0.6) is 0 Å². The van der Waals surface area contributed by atoms with E-state index in [1.54, 1.807) is 0 Å². The van der Waals surface area contributed by atoms with E-state index in [0.717, 1.165) is 27.7 Å². The summed E-state index contributed by atoms with van der Waals surface area (Å²) in [5, 5.41) is 10.3. The number of imidazole rings is 1. The molecule has 0 spiro atoms. The second-order valence-corrected chi connectivity index (χ2v) is 6.16. The summed E-state index contributed by atoms with van der Waals surface area (Å²) in [6.45, 7) is 1.95. The lowest BCUT2D eigenvalue weighted by molar-refractivity contribution is 1.08. The van der Waals surface area contributed by atoms with Crippen molar-refractivity contribution in [1.29, 1.82) is 5.26 Å². The van der Waals surface area contributed by atoms with Gasteiger partial charge in [-0.2, -0.15) is 5.26 Å². The Morgan fingerprint density at radius 3 is 2.54 bits per heavy atom. The minimum Gasteiger partial charge on any atom is -0.281 e. The maximum atomic E-state index is 9.68. The van der Waals surface area contributed by atoms with Gasteiger partial charge in [0.25, 0.3) is 0 Å². The molecule has 2 aromatic carbocycles. The van der Waals surface area contributed by atoms with E-state index in [-0.39, 0.29) is 0 Å². The van der Waals surface area contributed by atoms with Gasteiger partial charge in [-0.1, -0.05) is 54.1 Å². The summed E-state index contributed by atoms with van der Waals surface area (Å²) in [6, 6.07) is 20.3. The van der Waals surface area contributed by atoms with Crippen molar-refractivity contribution in [3.05, 3.63) is 82.0 Å². The molecule has 0 atom stereocenters. The van der Waals surface area contributed by atoms with Gasteiger partial charge in [-0.05, 0) is 35.7 Å². The Labute approximate surface area is 144 Å². The Hall–Kier alpha value is -2.83. The highest BCUT2D eigenvalue weighted by Crippen LogP contribution is 2.31. The standard InChI is InChI=1S/C20H14ClN3/c1-13-15(11-14-7-3-2-4-8-14)19(21)24-18-10-6-5-9-17(18)23-20(24)16(13)12-22/h2-10H,11H2,1H3. The van der Waals surface area contributed by atoms with Crippen molar-refractivity contribution >= 4 is 28.3 Å². The molecule has 0 fully saturated rings. The zero-order chi connectivity index (χ0) is 16.7. The molecule has 4 heteroatoms. The van der Waals surface area contributed by atoms with Crippen LogP contribution >= 0.6 is 11.6 Å². The Bertz CT molecular complexity index is 1100. The average Bonchev–Trinajstić information content (AvgIpc) is 2.99. The summed E-state index contributed by atoms with van der Waals surface area (Å²) in [7, 11) is 0. The minimum absolute atomic E-state index is 0.585. The van der Waals surface area contributed by atoms with Crippen molar-refractivity contribution in [2.45, 2.75) is 13.3 Å². The fourth-order valence-electron chi connectivity index (χ4n) is 3.14. The van der Waals surface area contributed by atoms with Gasteiger partial charge in [0.05, 0.1) is 16.6 Å². The van der Waals surface area contributed by atoms with Crippen molar-refractivity contribution in [2.75, 3.05) is 0 Å². The monoisotopic (exact) mass is 331 g/mol. The molecular weight excluding hydrogens is 318 g/mol. The molecule has 2 aromatic heterocycles. The van der Waals surface area contributed by atoms with Crippen molar-refractivity contribution in [3.8, 4) is 6.07 Å². The number of benzene rings is 2. The summed E-state index contributed by atoms with van der Waals surface area (Å²) in [5.74, 6) is 0. The summed E-state index contributed by atoms with van der Waals surface area (Å²) in [6.07, 6.45) is 0.683. The first-order chi connectivity index (χ1) is 11.7. The molecular formula is C20H14ClN3. The highest BCUT2D eigenvalue weighted by molar-refractivity contribution is 6.31. The summed E-state index contributed by atoms with van der Waals surface area (Å²) < 4.78 is 1.89. The second-order valence-electron chi connectivity index (χ2n) is 5.80. The highest BCUT2D eigenvalue weighted by atomic mass is 35.5. The largest absolute Gasteiger partial charge is 0.281 e. The number of hydrogen-bond acceptors (Lipinski definition) is 2. The molecule has 0 N–H and O–H groups in total. The SMILES string of the molecule is Cc1c(Cc2ccccc2)c(Cl)n2c(nc3ccccc32)c1C#N. The van der Waals surface area contributed by atoms with Crippen LogP contribution in [0.1, 0.15) is 22.3 Å². The first kappa shape index (κ1) is 14.7. The van der Waals surface area contributed by atoms with Gasteiger partial charge in [0.2, 0.25) is 0 Å². The molecule has 0 aliphatic rings. The normalized spacial score (nSPS) is 11.0. The van der Waals surface area contributed by atoms with Gasteiger partial charge < -0.3 is 0 Å². The van der Waals surface area contributed by atoms with Crippen LogP contribution in [0, 0.1) is 18.3 Å². The third kappa shape index (κ3) is 2.16. The number of rotatable bonds is 2. The summed E-state index contributed by atoms with van der Waals surface area (Å²) in [5.41, 5.74) is 5.99. The number of fused-ring (bicyclic) bond motifs is 3. The van der Waals surface area contributed by atoms with E-state index >= 15 is 0 Å². The molecule has 0 amide bonds. The maximum Gasteiger partial charge on any atom is 0.157 e. The number of nitrogens with zero attached hydrogens (tertiary/aromatic N) is 3. The molecule has 0 saturated heterocycles. The highest BCUT2D eigenvalue weighted by Gasteiger charge is 2.19. The molecule has 0 saturated carbocycles. The number of hydrogen-bond donors (Lipinski definition) is 0. The van der Waals surface area contributed by atoms with Gasteiger partial charge in [0.1, 0.15) is 11.2 Å². The van der Waals surface area contributed by atoms with Crippen LogP contribution in [0.3, 0.4) is 0 Å². The van der Waals surface area contributed by atoms with Crippen LogP contribution in [-0.2, 0) is 6.42 Å². The third-order valence-electron chi connectivity index (χ3n) is 4.39. The van der Waals surface area contributed by atoms with Crippen LogP contribution in [0.15, 0.2) is 54.6 Å². The fraction of sp³-hybridized carbons (Fsp3) is 0.100. The molecule has 116 valence electrons. The molecule has 24 heavy (non-hydrogen) atoms. The quantitative estimate of drug-likeness (QED) is 0.489. The predicted octanol–water partition coefficient (Wildman–Crippen LogP) is 4.91. The molecule has 3 nitrogen and oxygen atoms in total. The van der Waals surface area contributed by atoms with Crippen LogP contribution in [0.25, 0.3) is 16.7 Å². The number of halogens is 1. The molecule has 2 heterocycles. The van der Waals surface area contributed by atoms with Gasteiger partial charge in [-0.3, -0.25) is 4.40 Å². The number of aromatic nitrogens is 2. The van der Waals surface area contributed by atoms with Crippen LogP contribution < -0.4 is 0 Å². The zero-order valence-electron chi connectivity index (χ0n) is 13.1. The molecule has 0 radical (unpaired) electrons. The van der Waals surface area contributed by atoms with E-state index in [0.29, 0.717) is 22.8 Å². The van der Waals surface area contributed by atoms with Crippen molar-refractivity contribution in [2.24, 2.45) is 0 Å². The molecule has 4 aromatic rings. The van der Waals surface area contributed by atoms with E-state index in [4.69, 9.17) is 11.6 Å². The average molecular weight is 332 g/mol. The number of para-hydroxylation sites is 2. The summed E-state index contributed by atoms with van der Waals surface area (Å²) in [4.78, 5) is 4.61.